The Bertz CT molecular complexity index is 769. The van der Waals surface area contributed by atoms with Gasteiger partial charge in [-0.05, 0) is 18.3 Å². The summed E-state index contributed by atoms with van der Waals surface area (Å²) >= 11 is 2.77. The van der Waals surface area contributed by atoms with Crippen molar-refractivity contribution in [3.63, 3.8) is 0 Å². The van der Waals surface area contributed by atoms with E-state index in [9.17, 15) is 9.59 Å². The Kier molecular flexibility index (Phi) is 6.90. The molecule has 0 saturated carbocycles. The molecule has 2 amide bonds. The lowest BCUT2D eigenvalue weighted by Crippen LogP contribution is -2.43. The van der Waals surface area contributed by atoms with Crippen LogP contribution in [-0.4, -0.2) is 46.3 Å². The van der Waals surface area contributed by atoms with E-state index >= 15 is 0 Å². The minimum absolute atomic E-state index is 0.123. The van der Waals surface area contributed by atoms with Crippen LogP contribution in [0.2, 0.25) is 0 Å². The van der Waals surface area contributed by atoms with Crippen molar-refractivity contribution < 1.29 is 9.59 Å². The number of hydrogen-bond acceptors (Lipinski definition) is 5. The summed E-state index contributed by atoms with van der Waals surface area (Å²) in [5.74, 6) is 1.71. The number of anilines is 1. The number of carbonyl (C=O) groups excluding carboxylic acids is 2. The highest BCUT2D eigenvalue weighted by Gasteiger charge is 2.25. The van der Waals surface area contributed by atoms with Crippen molar-refractivity contribution in [3.8, 4) is 11.3 Å². The summed E-state index contributed by atoms with van der Waals surface area (Å²) in [4.78, 5) is 30.9. The first-order valence-electron chi connectivity index (χ1n) is 9.17. The quantitative estimate of drug-likeness (QED) is 0.792. The average Bonchev–Trinajstić information content (AvgIpc) is 3.10. The largest absolute Gasteiger partial charge is 0.341 e. The lowest BCUT2D eigenvalue weighted by atomic mass is 9.92. The minimum atomic E-state index is -0.123. The van der Waals surface area contributed by atoms with Crippen LogP contribution in [0.4, 0.5) is 5.13 Å². The standard InChI is InChI=1S/C20H25N3O2S2/c1-14-8-15(2)10-23(9-14)19(25)13-26-12-18(24)22-20-21-17(11-27-20)16-6-4-3-5-7-16/h3-7,11,14-15H,8-10,12-13H2,1-2H3,(H,21,22,24). The highest BCUT2D eigenvalue weighted by atomic mass is 32.2. The van der Waals surface area contributed by atoms with Crippen LogP contribution in [0.1, 0.15) is 20.3 Å². The topological polar surface area (TPSA) is 62.3 Å². The maximum absolute atomic E-state index is 12.4. The predicted octanol–water partition coefficient (Wildman–Crippen LogP) is 3.99. The molecule has 0 spiro atoms. The van der Waals surface area contributed by atoms with Crippen LogP contribution in [-0.2, 0) is 9.59 Å². The Morgan fingerprint density at radius 2 is 1.89 bits per heavy atom. The predicted molar refractivity (Wildman–Crippen MR) is 113 cm³/mol. The van der Waals surface area contributed by atoms with Gasteiger partial charge in [0.15, 0.2) is 5.13 Å². The molecule has 0 aliphatic carbocycles. The molecule has 27 heavy (non-hydrogen) atoms. The van der Waals surface area contributed by atoms with Crippen molar-refractivity contribution in [3.05, 3.63) is 35.7 Å². The summed E-state index contributed by atoms with van der Waals surface area (Å²) in [6.07, 6.45) is 1.18. The molecule has 2 unspecified atom stereocenters. The summed E-state index contributed by atoms with van der Waals surface area (Å²) in [5.41, 5.74) is 1.88. The summed E-state index contributed by atoms with van der Waals surface area (Å²) < 4.78 is 0. The van der Waals surface area contributed by atoms with Crippen LogP contribution >= 0.6 is 23.1 Å². The van der Waals surface area contributed by atoms with Gasteiger partial charge in [-0.3, -0.25) is 9.59 Å². The highest BCUT2D eigenvalue weighted by molar-refractivity contribution is 8.00. The number of amides is 2. The lowest BCUT2D eigenvalue weighted by Gasteiger charge is -2.35. The molecule has 1 aliphatic heterocycles. The highest BCUT2D eigenvalue weighted by Crippen LogP contribution is 2.25. The molecule has 5 nitrogen and oxygen atoms in total. The SMILES string of the molecule is CC1CC(C)CN(C(=O)CSCC(=O)Nc2nc(-c3ccccc3)cs2)C1. The van der Waals surface area contributed by atoms with Crippen molar-refractivity contribution in [2.24, 2.45) is 11.8 Å². The van der Waals surface area contributed by atoms with E-state index in [1.54, 1.807) is 0 Å². The molecule has 144 valence electrons. The first-order valence-corrected chi connectivity index (χ1v) is 11.2. The summed E-state index contributed by atoms with van der Waals surface area (Å²) in [7, 11) is 0. The van der Waals surface area contributed by atoms with Crippen LogP contribution in [0.3, 0.4) is 0 Å². The molecular weight excluding hydrogens is 378 g/mol. The van der Waals surface area contributed by atoms with Crippen LogP contribution in [0.25, 0.3) is 11.3 Å². The third-order valence-electron chi connectivity index (χ3n) is 4.50. The van der Waals surface area contributed by atoms with Crippen LogP contribution in [0, 0.1) is 11.8 Å². The van der Waals surface area contributed by atoms with E-state index in [0.29, 0.717) is 22.7 Å². The molecule has 1 fully saturated rings. The van der Waals surface area contributed by atoms with E-state index in [2.05, 4.69) is 24.1 Å². The molecule has 7 heteroatoms. The molecule has 0 bridgehead atoms. The van der Waals surface area contributed by atoms with Gasteiger partial charge in [0.05, 0.1) is 17.2 Å². The van der Waals surface area contributed by atoms with E-state index in [0.717, 1.165) is 24.3 Å². The summed E-state index contributed by atoms with van der Waals surface area (Å²) in [5, 5.41) is 5.34. The zero-order valence-corrected chi connectivity index (χ0v) is 17.3. The van der Waals surface area contributed by atoms with E-state index in [1.807, 2.05) is 40.6 Å². The fraction of sp³-hybridized carbons (Fsp3) is 0.450. The molecule has 3 rings (SSSR count). The maximum Gasteiger partial charge on any atom is 0.236 e. The van der Waals surface area contributed by atoms with Gasteiger partial charge in [0.25, 0.3) is 0 Å². The average molecular weight is 404 g/mol. The fourth-order valence-corrected chi connectivity index (χ4v) is 4.87. The number of thiazole rings is 1. The second-order valence-corrected chi connectivity index (χ2v) is 9.03. The van der Waals surface area contributed by atoms with Gasteiger partial charge in [-0.15, -0.1) is 23.1 Å². The number of rotatable bonds is 6. The Labute approximate surface area is 168 Å². The third-order valence-corrected chi connectivity index (χ3v) is 6.18. The van der Waals surface area contributed by atoms with Gasteiger partial charge in [-0.1, -0.05) is 44.2 Å². The fourth-order valence-electron chi connectivity index (χ4n) is 3.42. The van der Waals surface area contributed by atoms with E-state index in [1.165, 1.54) is 29.5 Å². The smallest absolute Gasteiger partial charge is 0.236 e. The van der Waals surface area contributed by atoms with Gasteiger partial charge in [0, 0.05) is 24.0 Å². The van der Waals surface area contributed by atoms with Crippen molar-refractivity contribution in [2.45, 2.75) is 20.3 Å². The van der Waals surface area contributed by atoms with Crippen LogP contribution in [0.5, 0.6) is 0 Å². The number of hydrogen-bond donors (Lipinski definition) is 1. The summed E-state index contributed by atoms with van der Waals surface area (Å²) in [6.45, 7) is 6.04. The molecular formula is C20H25N3O2S2. The number of piperidine rings is 1. The number of likely N-dealkylation sites (tertiary alicyclic amines) is 1. The number of carbonyl (C=O) groups is 2. The maximum atomic E-state index is 12.4. The van der Waals surface area contributed by atoms with Crippen LogP contribution < -0.4 is 5.32 Å². The number of thioether (sulfide) groups is 1. The second-order valence-electron chi connectivity index (χ2n) is 7.19. The Hall–Kier alpha value is -1.86. The van der Waals surface area contributed by atoms with Crippen molar-refractivity contribution >= 4 is 40.0 Å². The van der Waals surface area contributed by atoms with Gasteiger partial charge in [0.1, 0.15) is 0 Å². The first-order chi connectivity index (χ1) is 13.0. The Morgan fingerprint density at radius 1 is 1.19 bits per heavy atom. The second kappa shape index (κ2) is 9.37. The lowest BCUT2D eigenvalue weighted by molar-refractivity contribution is -0.130. The number of aromatic nitrogens is 1. The van der Waals surface area contributed by atoms with Gasteiger partial charge >= 0.3 is 0 Å². The minimum Gasteiger partial charge on any atom is -0.341 e. The molecule has 1 N–H and O–H groups in total. The molecule has 2 atom stereocenters. The molecule has 2 heterocycles. The third kappa shape index (κ3) is 5.81. The molecule has 1 saturated heterocycles. The van der Waals surface area contributed by atoms with Gasteiger partial charge in [-0.2, -0.15) is 0 Å². The zero-order chi connectivity index (χ0) is 19.2. The van der Waals surface area contributed by atoms with E-state index < -0.39 is 0 Å². The molecule has 1 aromatic heterocycles. The molecule has 2 aromatic rings. The summed E-state index contributed by atoms with van der Waals surface area (Å²) in [6, 6.07) is 9.87. The molecule has 1 aromatic carbocycles. The monoisotopic (exact) mass is 403 g/mol. The number of nitrogens with zero attached hydrogens (tertiary/aromatic N) is 2. The number of benzene rings is 1. The normalized spacial score (nSPS) is 19.7. The zero-order valence-electron chi connectivity index (χ0n) is 15.7. The van der Waals surface area contributed by atoms with Gasteiger partial charge in [-0.25, -0.2) is 4.98 Å². The van der Waals surface area contributed by atoms with E-state index in [-0.39, 0.29) is 17.6 Å². The Morgan fingerprint density at radius 3 is 2.59 bits per heavy atom. The van der Waals surface area contributed by atoms with Gasteiger partial charge < -0.3 is 10.2 Å². The van der Waals surface area contributed by atoms with Crippen molar-refractivity contribution in [1.29, 1.82) is 0 Å². The van der Waals surface area contributed by atoms with Gasteiger partial charge in [0.2, 0.25) is 11.8 Å². The van der Waals surface area contributed by atoms with Crippen LogP contribution in [0.15, 0.2) is 35.7 Å². The number of nitrogens with one attached hydrogen (secondary N) is 1. The van der Waals surface area contributed by atoms with Crippen molar-refractivity contribution in [2.75, 3.05) is 29.9 Å². The first kappa shape index (κ1) is 19.9. The molecule has 1 aliphatic rings. The molecule has 0 radical (unpaired) electrons. The van der Waals surface area contributed by atoms with E-state index in [4.69, 9.17) is 0 Å². The Balaban J connectivity index is 1.42. The van der Waals surface area contributed by atoms with Crippen molar-refractivity contribution in [1.82, 2.24) is 9.88 Å².